The van der Waals surface area contributed by atoms with Crippen molar-refractivity contribution in [2.45, 2.75) is 37.5 Å². The zero-order valence-corrected chi connectivity index (χ0v) is 27.9. The fourth-order valence-electron chi connectivity index (χ4n) is 9.45. The summed E-state index contributed by atoms with van der Waals surface area (Å²) in [6, 6.07) is 61.3. The number of hydrogen-bond donors (Lipinski definition) is 0. The molecule has 1 nitrogen and oxygen atoms in total. The maximum absolute atomic E-state index is 2.52. The van der Waals surface area contributed by atoms with Crippen molar-refractivity contribution in [3.05, 3.63) is 197 Å². The van der Waals surface area contributed by atoms with Crippen LogP contribution in [0.15, 0.2) is 164 Å². The third kappa shape index (κ3) is 3.93. The molecular formula is C48H37N. The van der Waals surface area contributed by atoms with E-state index in [9.17, 15) is 0 Å². The molecule has 1 heteroatoms. The van der Waals surface area contributed by atoms with Crippen molar-refractivity contribution in [2.75, 3.05) is 4.90 Å². The summed E-state index contributed by atoms with van der Waals surface area (Å²) in [5, 5.41) is 0. The second kappa shape index (κ2) is 10.4. The molecule has 0 heterocycles. The number of rotatable bonds is 4. The van der Waals surface area contributed by atoms with Gasteiger partial charge < -0.3 is 4.90 Å². The lowest BCUT2D eigenvalue weighted by molar-refractivity contribution is 0.626. The van der Waals surface area contributed by atoms with Crippen molar-refractivity contribution in [1.82, 2.24) is 0 Å². The fourth-order valence-corrected chi connectivity index (χ4v) is 9.45. The molecule has 0 aromatic heterocycles. The number of anilines is 3. The van der Waals surface area contributed by atoms with Gasteiger partial charge in [0.1, 0.15) is 0 Å². The van der Waals surface area contributed by atoms with Crippen LogP contribution >= 0.6 is 0 Å². The van der Waals surface area contributed by atoms with Crippen molar-refractivity contribution in [3.8, 4) is 33.4 Å². The van der Waals surface area contributed by atoms with E-state index in [0.29, 0.717) is 0 Å². The first-order valence-corrected chi connectivity index (χ1v) is 17.6. The second-order valence-corrected chi connectivity index (χ2v) is 14.5. The Bertz CT molecular complexity index is 2430. The first-order chi connectivity index (χ1) is 24.1. The molecule has 3 aliphatic rings. The van der Waals surface area contributed by atoms with Crippen LogP contribution in [0.25, 0.3) is 33.4 Å². The quantitative estimate of drug-likeness (QED) is 0.188. The van der Waals surface area contributed by atoms with Crippen molar-refractivity contribution in [3.63, 3.8) is 0 Å². The van der Waals surface area contributed by atoms with Gasteiger partial charge in [-0.05, 0) is 104 Å². The minimum atomic E-state index is -0.148. The van der Waals surface area contributed by atoms with Gasteiger partial charge >= 0.3 is 0 Å². The molecule has 1 atom stereocenters. The largest absolute Gasteiger partial charge is 0.310 e. The highest BCUT2D eigenvalue weighted by molar-refractivity contribution is 5.93. The van der Waals surface area contributed by atoms with Crippen molar-refractivity contribution in [2.24, 2.45) is 0 Å². The Hall–Kier alpha value is -5.66. The van der Waals surface area contributed by atoms with Gasteiger partial charge in [0.25, 0.3) is 0 Å². The summed E-state index contributed by atoms with van der Waals surface area (Å²) in [5.41, 5.74) is 19.7. The first kappa shape index (κ1) is 28.4. The van der Waals surface area contributed by atoms with E-state index in [1.54, 1.807) is 0 Å². The molecule has 0 amide bonds. The Morgan fingerprint density at radius 1 is 0.429 bits per heavy atom. The zero-order valence-electron chi connectivity index (χ0n) is 27.9. The molecule has 10 rings (SSSR count). The van der Waals surface area contributed by atoms with Gasteiger partial charge in [0, 0.05) is 27.8 Å². The number of aryl methyl sites for hydroxylation is 1. The average Bonchev–Trinajstić information content (AvgIpc) is 3.76. The van der Waals surface area contributed by atoms with Crippen LogP contribution in [0.4, 0.5) is 17.1 Å². The molecule has 1 spiro atoms. The molecule has 0 saturated heterocycles. The van der Waals surface area contributed by atoms with E-state index in [-0.39, 0.29) is 10.8 Å². The van der Waals surface area contributed by atoms with E-state index >= 15 is 0 Å². The van der Waals surface area contributed by atoms with E-state index in [1.165, 1.54) is 83.8 Å². The number of para-hydroxylation sites is 1. The Morgan fingerprint density at radius 2 is 0.959 bits per heavy atom. The predicted octanol–water partition coefficient (Wildman–Crippen LogP) is 12.4. The Labute approximate surface area is 289 Å². The third-order valence-electron chi connectivity index (χ3n) is 11.7. The van der Waals surface area contributed by atoms with Gasteiger partial charge in [-0.2, -0.15) is 0 Å². The van der Waals surface area contributed by atoms with Crippen LogP contribution in [0.3, 0.4) is 0 Å². The fraction of sp³-hybridized carbons (Fsp3) is 0.125. The van der Waals surface area contributed by atoms with E-state index in [4.69, 9.17) is 0 Å². The van der Waals surface area contributed by atoms with Gasteiger partial charge in [-0.3, -0.25) is 0 Å². The lowest BCUT2D eigenvalue weighted by atomic mass is 9.73. The molecular weight excluding hydrogens is 591 g/mol. The van der Waals surface area contributed by atoms with Gasteiger partial charge in [-0.15, -0.1) is 0 Å². The first-order valence-electron chi connectivity index (χ1n) is 17.6. The third-order valence-corrected chi connectivity index (χ3v) is 11.7. The van der Waals surface area contributed by atoms with Crippen LogP contribution in [-0.4, -0.2) is 0 Å². The van der Waals surface area contributed by atoms with Crippen LogP contribution in [0.1, 0.15) is 53.6 Å². The molecule has 0 saturated carbocycles. The molecule has 0 bridgehead atoms. The molecule has 7 aromatic rings. The minimum absolute atomic E-state index is 0.0935. The van der Waals surface area contributed by atoms with Gasteiger partial charge in [-0.1, -0.05) is 147 Å². The van der Waals surface area contributed by atoms with Crippen LogP contribution < -0.4 is 4.90 Å². The van der Waals surface area contributed by atoms with Crippen molar-refractivity contribution < 1.29 is 0 Å². The molecule has 3 aliphatic carbocycles. The van der Waals surface area contributed by atoms with Crippen molar-refractivity contribution in [1.29, 1.82) is 0 Å². The Balaban J connectivity index is 1.23. The highest BCUT2D eigenvalue weighted by Crippen LogP contribution is 2.59. The van der Waals surface area contributed by atoms with Gasteiger partial charge in [0.15, 0.2) is 0 Å². The van der Waals surface area contributed by atoms with E-state index in [2.05, 4.69) is 183 Å². The van der Waals surface area contributed by atoms with Gasteiger partial charge in [-0.25, -0.2) is 0 Å². The highest BCUT2D eigenvalue weighted by Gasteiger charge is 2.48. The van der Waals surface area contributed by atoms with Gasteiger partial charge in [0.2, 0.25) is 0 Å². The number of hydrogen-bond acceptors (Lipinski definition) is 1. The summed E-state index contributed by atoms with van der Waals surface area (Å²) in [4.78, 5) is 2.51. The molecule has 7 aromatic carbocycles. The second-order valence-electron chi connectivity index (χ2n) is 14.5. The summed E-state index contributed by atoms with van der Waals surface area (Å²) in [6.45, 7) is 4.75. The van der Waals surface area contributed by atoms with Crippen LogP contribution in [0, 0.1) is 0 Å². The van der Waals surface area contributed by atoms with E-state index in [0.717, 1.165) is 12.8 Å². The maximum atomic E-state index is 2.52. The normalized spacial score (nSPS) is 17.3. The molecule has 234 valence electrons. The van der Waals surface area contributed by atoms with Crippen LogP contribution in [-0.2, 0) is 17.3 Å². The lowest BCUT2D eigenvalue weighted by Gasteiger charge is -2.32. The van der Waals surface area contributed by atoms with E-state index < -0.39 is 0 Å². The lowest BCUT2D eigenvalue weighted by Crippen LogP contribution is -2.24. The molecule has 1 unspecified atom stereocenters. The number of fused-ring (bicyclic) bond motifs is 10. The molecule has 0 fully saturated rings. The zero-order chi connectivity index (χ0) is 32.7. The average molecular weight is 628 g/mol. The molecule has 49 heavy (non-hydrogen) atoms. The summed E-state index contributed by atoms with van der Waals surface area (Å²) in [7, 11) is 0. The van der Waals surface area contributed by atoms with Crippen LogP contribution in [0.2, 0.25) is 0 Å². The summed E-state index contributed by atoms with van der Waals surface area (Å²) < 4.78 is 0. The molecule has 0 radical (unpaired) electrons. The summed E-state index contributed by atoms with van der Waals surface area (Å²) >= 11 is 0. The SMILES string of the molecule is CC1(C)c2ccccc2-c2ccc(N(c3ccc4c(c3)C3(CCc5ccccc53)c3ccccc3-4)c3ccccc3-c3ccccc3)cc21. The van der Waals surface area contributed by atoms with Crippen LogP contribution in [0.5, 0.6) is 0 Å². The van der Waals surface area contributed by atoms with E-state index in [1.807, 2.05) is 0 Å². The molecule has 0 N–H and O–H groups in total. The summed E-state index contributed by atoms with van der Waals surface area (Å²) in [5.74, 6) is 0. The smallest absolute Gasteiger partial charge is 0.0540 e. The highest BCUT2D eigenvalue weighted by atomic mass is 15.1. The predicted molar refractivity (Wildman–Crippen MR) is 204 cm³/mol. The number of benzene rings is 7. The Morgan fingerprint density at radius 3 is 1.71 bits per heavy atom. The topological polar surface area (TPSA) is 3.24 Å². The number of nitrogens with zero attached hydrogens (tertiary/aromatic N) is 1. The summed E-state index contributed by atoms with van der Waals surface area (Å²) in [6.07, 6.45) is 2.18. The standard InChI is InChI=1S/C48H37N/c1-47(2)42-21-11-7-18-37(42)39-26-24-34(30-44(39)47)49(46-23-13-9-17-36(46)32-14-4-3-5-15-32)35-25-27-40-38-19-8-12-22-43(38)48(45(40)31-35)29-28-33-16-6-10-20-41(33)48/h3-27,30-31H,28-29H2,1-2H3. The minimum Gasteiger partial charge on any atom is -0.310 e. The monoisotopic (exact) mass is 627 g/mol. The maximum Gasteiger partial charge on any atom is 0.0540 e. The van der Waals surface area contributed by atoms with Crippen molar-refractivity contribution >= 4 is 17.1 Å². The van der Waals surface area contributed by atoms with Gasteiger partial charge in [0.05, 0.1) is 5.69 Å². The molecule has 0 aliphatic heterocycles. The Kier molecular flexibility index (Phi) is 6.03.